The van der Waals surface area contributed by atoms with Crippen molar-refractivity contribution in [1.82, 2.24) is 4.98 Å². The fraction of sp³-hybridized carbons (Fsp3) is 0. The second-order valence-electron chi connectivity index (χ2n) is 5.18. The molecule has 0 aliphatic rings. The fourth-order valence-corrected chi connectivity index (χ4v) is 2.55. The maximum atomic E-state index is 12.4. The van der Waals surface area contributed by atoms with Gasteiger partial charge in [-0.15, -0.1) is 0 Å². The first-order valence-electron chi connectivity index (χ1n) is 7.52. The zero-order valence-electron chi connectivity index (χ0n) is 13.1. The van der Waals surface area contributed by atoms with Gasteiger partial charge in [0.25, 0.3) is 11.8 Å². The van der Waals surface area contributed by atoms with Gasteiger partial charge in [0.2, 0.25) is 0 Å². The van der Waals surface area contributed by atoms with E-state index in [2.05, 4.69) is 31.5 Å². The molecule has 3 aromatic rings. The van der Waals surface area contributed by atoms with Crippen LogP contribution in [0.3, 0.4) is 0 Å². The smallest absolute Gasteiger partial charge is 0.274 e. The van der Waals surface area contributed by atoms with E-state index in [1.165, 1.54) is 12.3 Å². The molecule has 25 heavy (non-hydrogen) atoms. The fourth-order valence-electron chi connectivity index (χ4n) is 2.17. The minimum atomic E-state index is -0.388. The van der Waals surface area contributed by atoms with Gasteiger partial charge in [0, 0.05) is 21.9 Å². The summed E-state index contributed by atoms with van der Waals surface area (Å²) >= 11 is 3.37. The number of rotatable bonds is 4. The third-order valence-electron chi connectivity index (χ3n) is 3.41. The van der Waals surface area contributed by atoms with E-state index in [-0.39, 0.29) is 17.5 Å². The number of carbonyl (C=O) groups is 2. The van der Waals surface area contributed by atoms with Gasteiger partial charge in [0.05, 0.1) is 5.69 Å². The topological polar surface area (TPSA) is 71.1 Å². The molecule has 1 aromatic heterocycles. The van der Waals surface area contributed by atoms with E-state index in [4.69, 9.17) is 0 Å². The summed E-state index contributed by atoms with van der Waals surface area (Å²) in [5.41, 5.74) is 1.84. The molecule has 2 aromatic carbocycles. The third-order valence-corrected chi connectivity index (χ3v) is 4.10. The summed E-state index contributed by atoms with van der Waals surface area (Å²) < 4.78 is 0.765. The van der Waals surface area contributed by atoms with Gasteiger partial charge in [0.1, 0.15) is 5.69 Å². The molecule has 124 valence electrons. The van der Waals surface area contributed by atoms with Crippen LogP contribution in [-0.2, 0) is 0 Å². The van der Waals surface area contributed by atoms with E-state index in [0.717, 1.165) is 4.47 Å². The summed E-state index contributed by atoms with van der Waals surface area (Å²) in [5.74, 6) is -0.690. The van der Waals surface area contributed by atoms with Crippen molar-refractivity contribution in [3.63, 3.8) is 0 Å². The van der Waals surface area contributed by atoms with Crippen molar-refractivity contribution in [2.24, 2.45) is 0 Å². The first-order chi connectivity index (χ1) is 12.1. The van der Waals surface area contributed by atoms with Gasteiger partial charge in [-0.1, -0.05) is 30.3 Å². The van der Waals surface area contributed by atoms with Gasteiger partial charge in [-0.05, 0) is 52.3 Å². The Balaban J connectivity index is 1.76. The van der Waals surface area contributed by atoms with Crippen LogP contribution in [0.2, 0.25) is 0 Å². The maximum absolute atomic E-state index is 12.4. The Morgan fingerprint density at radius 2 is 1.56 bits per heavy atom. The predicted octanol–water partition coefficient (Wildman–Crippen LogP) is 4.35. The molecule has 0 atom stereocenters. The molecule has 0 aliphatic heterocycles. The molecule has 0 radical (unpaired) electrons. The van der Waals surface area contributed by atoms with Crippen molar-refractivity contribution in [1.29, 1.82) is 0 Å². The zero-order valence-corrected chi connectivity index (χ0v) is 14.7. The highest BCUT2D eigenvalue weighted by Gasteiger charge is 2.13. The van der Waals surface area contributed by atoms with Crippen molar-refractivity contribution in [3.8, 4) is 0 Å². The molecule has 0 saturated carbocycles. The SMILES string of the molecule is O=C(Nc1ccccc1)c1ccnc(C(=O)Nc2ccccc2Br)c1. The van der Waals surface area contributed by atoms with Crippen molar-refractivity contribution >= 4 is 39.1 Å². The lowest BCUT2D eigenvalue weighted by molar-refractivity contribution is 0.102. The zero-order chi connectivity index (χ0) is 17.6. The number of aromatic nitrogens is 1. The second kappa shape index (κ2) is 7.72. The Kier molecular flexibility index (Phi) is 5.20. The Hall–Kier alpha value is -2.99. The largest absolute Gasteiger partial charge is 0.322 e. The summed E-state index contributed by atoms with van der Waals surface area (Å²) in [4.78, 5) is 28.7. The van der Waals surface area contributed by atoms with Crippen molar-refractivity contribution < 1.29 is 9.59 Å². The summed E-state index contributed by atoms with van der Waals surface area (Å²) in [5, 5.41) is 5.54. The molecule has 2 N–H and O–H groups in total. The van der Waals surface area contributed by atoms with Crippen molar-refractivity contribution in [3.05, 3.63) is 88.7 Å². The molecule has 6 heteroatoms. The predicted molar refractivity (Wildman–Crippen MR) is 101 cm³/mol. The van der Waals surface area contributed by atoms with Crippen LogP contribution in [0.25, 0.3) is 0 Å². The van der Waals surface area contributed by atoms with Crippen LogP contribution < -0.4 is 10.6 Å². The van der Waals surface area contributed by atoms with Crippen LogP contribution in [0.4, 0.5) is 11.4 Å². The lowest BCUT2D eigenvalue weighted by Gasteiger charge is -2.08. The Morgan fingerprint density at radius 1 is 0.840 bits per heavy atom. The van der Waals surface area contributed by atoms with Gasteiger partial charge < -0.3 is 10.6 Å². The highest BCUT2D eigenvalue weighted by Crippen LogP contribution is 2.21. The van der Waals surface area contributed by atoms with Crippen LogP contribution in [0, 0.1) is 0 Å². The van der Waals surface area contributed by atoms with Gasteiger partial charge in [-0.2, -0.15) is 0 Å². The van der Waals surface area contributed by atoms with E-state index in [0.29, 0.717) is 16.9 Å². The van der Waals surface area contributed by atoms with Crippen molar-refractivity contribution in [2.45, 2.75) is 0 Å². The van der Waals surface area contributed by atoms with Gasteiger partial charge in [0.15, 0.2) is 0 Å². The Labute approximate surface area is 153 Å². The number of hydrogen-bond acceptors (Lipinski definition) is 3. The minimum absolute atomic E-state index is 0.163. The number of carbonyl (C=O) groups excluding carboxylic acids is 2. The number of nitrogens with zero attached hydrogens (tertiary/aromatic N) is 1. The van der Waals surface area contributed by atoms with E-state index in [1.54, 1.807) is 24.3 Å². The normalized spacial score (nSPS) is 10.1. The first-order valence-corrected chi connectivity index (χ1v) is 8.31. The molecule has 1 heterocycles. The molecule has 3 rings (SSSR count). The van der Waals surface area contributed by atoms with Crippen LogP contribution in [-0.4, -0.2) is 16.8 Å². The average molecular weight is 396 g/mol. The number of benzene rings is 2. The van der Waals surface area contributed by atoms with E-state index in [9.17, 15) is 9.59 Å². The van der Waals surface area contributed by atoms with Crippen LogP contribution >= 0.6 is 15.9 Å². The molecule has 0 bridgehead atoms. The third kappa shape index (κ3) is 4.30. The van der Waals surface area contributed by atoms with Gasteiger partial charge in [-0.25, -0.2) is 0 Å². The summed E-state index contributed by atoms with van der Waals surface area (Å²) in [6, 6.07) is 19.4. The Morgan fingerprint density at radius 3 is 2.32 bits per heavy atom. The summed E-state index contributed by atoms with van der Waals surface area (Å²) in [6.07, 6.45) is 1.44. The Bertz CT molecular complexity index is 913. The number of pyridine rings is 1. The molecular weight excluding hydrogens is 382 g/mol. The van der Waals surface area contributed by atoms with Gasteiger partial charge in [-0.3, -0.25) is 14.6 Å². The molecule has 0 fully saturated rings. The van der Waals surface area contributed by atoms with Crippen LogP contribution in [0.15, 0.2) is 77.4 Å². The number of nitrogens with one attached hydrogen (secondary N) is 2. The second-order valence-corrected chi connectivity index (χ2v) is 6.04. The van der Waals surface area contributed by atoms with E-state index >= 15 is 0 Å². The van der Waals surface area contributed by atoms with Crippen LogP contribution in [0.5, 0.6) is 0 Å². The molecule has 0 unspecified atom stereocenters. The highest BCUT2D eigenvalue weighted by atomic mass is 79.9. The molecular formula is C19H14BrN3O2. The molecule has 5 nitrogen and oxygen atoms in total. The van der Waals surface area contributed by atoms with Crippen molar-refractivity contribution in [2.75, 3.05) is 10.6 Å². The number of anilines is 2. The number of para-hydroxylation sites is 2. The van der Waals surface area contributed by atoms with E-state index < -0.39 is 0 Å². The maximum Gasteiger partial charge on any atom is 0.274 e. The molecule has 0 aliphatic carbocycles. The monoisotopic (exact) mass is 395 g/mol. The summed E-state index contributed by atoms with van der Waals surface area (Å²) in [6.45, 7) is 0. The standard InChI is InChI=1S/C19H14BrN3O2/c20-15-8-4-5-9-16(15)23-19(25)17-12-13(10-11-21-17)18(24)22-14-6-2-1-3-7-14/h1-12H,(H,22,24)(H,23,25). The minimum Gasteiger partial charge on any atom is -0.322 e. The highest BCUT2D eigenvalue weighted by molar-refractivity contribution is 9.10. The van der Waals surface area contributed by atoms with E-state index in [1.807, 2.05) is 36.4 Å². The number of halogens is 1. The molecule has 0 saturated heterocycles. The quantitative estimate of drug-likeness (QED) is 0.689. The number of amides is 2. The number of hydrogen-bond donors (Lipinski definition) is 2. The molecule has 2 amide bonds. The van der Waals surface area contributed by atoms with Gasteiger partial charge >= 0.3 is 0 Å². The lowest BCUT2D eigenvalue weighted by Crippen LogP contribution is -2.17. The van der Waals surface area contributed by atoms with Crippen LogP contribution in [0.1, 0.15) is 20.8 Å². The first kappa shape index (κ1) is 16.9. The molecule has 0 spiro atoms. The lowest BCUT2D eigenvalue weighted by atomic mass is 10.2. The summed E-state index contributed by atoms with van der Waals surface area (Å²) in [7, 11) is 0. The average Bonchev–Trinajstić information content (AvgIpc) is 2.64.